The Morgan fingerprint density at radius 3 is 2.20 bits per heavy atom. The fourth-order valence-corrected chi connectivity index (χ4v) is 5.06. The zero-order chi connectivity index (χ0) is 26.8. The summed E-state index contributed by atoms with van der Waals surface area (Å²) in [5.74, 6) is -2.26. The van der Waals surface area contributed by atoms with Gasteiger partial charge in [-0.15, -0.1) is 0 Å². The fourth-order valence-electron chi connectivity index (χ4n) is 3.62. The molecule has 2 rings (SSSR count). The Kier molecular flexibility index (Phi) is 8.67. The number of cyclic esters (lactones) is 1. The van der Waals surface area contributed by atoms with Crippen LogP contribution >= 0.6 is 0 Å². The first-order chi connectivity index (χ1) is 16.0. The van der Waals surface area contributed by atoms with Gasteiger partial charge in [0.15, 0.2) is 14.4 Å². The molecule has 0 N–H and O–H groups in total. The molecule has 0 aromatic heterocycles. The van der Waals surface area contributed by atoms with Gasteiger partial charge in [0, 0.05) is 30.8 Å². The van der Waals surface area contributed by atoms with E-state index in [1.54, 1.807) is 0 Å². The third-order valence-corrected chi connectivity index (χ3v) is 11.2. The van der Waals surface area contributed by atoms with E-state index in [1.165, 1.54) is 31.2 Å². The van der Waals surface area contributed by atoms with Crippen LogP contribution in [0.3, 0.4) is 0 Å². The minimum atomic E-state index is -5.10. The molecule has 6 nitrogen and oxygen atoms in total. The van der Waals surface area contributed by atoms with Gasteiger partial charge >= 0.3 is 18.1 Å². The van der Waals surface area contributed by atoms with Crippen LogP contribution < -0.4 is 0 Å². The van der Waals surface area contributed by atoms with Crippen molar-refractivity contribution >= 4 is 20.3 Å². The lowest BCUT2D eigenvalue weighted by atomic mass is 9.92. The molecule has 1 heterocycles. The van der Waals surface area contributed by atoms with Crippen LogP contribution in [0.5, 0.6) is 0 Å². The summed E-state index contributed by atoms with van der Waals surface area (Å²) in [7, 11) is -1.33. The number of rotatable bonds is 8. The summed E-state index contributed by atoms with van der Waals surface area (Å²) in [6.07, 6.45) is -6.15. The number of hydrogen-bond donors (Lipinski definition) is 0. The zero-order valence-electron chi connectivity index (χ0n) is 21.5. The molecule has 4 atom stereocenters. The average Bonchev–Trinajstić information content (AvgIpc) is 2.71. The molecular weight excluding hydrogens is 481 g/mol. The molecule has 0 unspecified atom stereocenters. The van der Waals surface area contributed by atoms with Gasteiger partial charge in [0.25, 0.3) is 5.60 Å². The molecule has 0 bridgehead atoms. The van der Waals surface area contributed by atoms with Crippen molar-refractivity contribution in [1.29, 1.82) is 0 Å². The molecule has 0 fully saturated rings. The van der Waals surface area contributed by atoms with E-state index in [4.69, 9.17) is 18.6 Å². The number of ether oxygens (including phenoxy) is 3. The second kappa shape index (κ2) is 10.4. The van der Waals surface area contributed by atoms with E-state index in [-0.39, 0.29) is 23.1 Å². The highest BCUT2D eigenvalue weighted by Crippen LogP contribution is 2.43. The van der Waals surface area contributed by atoms with Crippen molar-refractivity contribution in [3.63, 3.8) is 0 Å². The molecule has 1 aromatic rings. The number of carbonyl (C=O) groups excluding carboxylic acids is 2. The molecule has 196 valence electrons. The van der Waals surface area contributed by atoms with Gasteiger partial charge in [-0.05, 0) is 38.1 Å². The first kappa shape index (κ1) is 29.1. The van der Waals surface area contributed by atoms with Gasteiger partial charge in [-0.25, -0.2) is 9.59 Å². The summed E-state index contributed by atoms with van der Waals surface area (Å²) in [5, 5.41) is -0.0478. The van der Waals surface area contributed by atoms with Crippen LogP contribution in [0, 0.1) is 0 Å². The Hall–Kier alpha value is -2.17. The van der Waals surface area contributed by atoms with Gasteiger partial charge in [-0.3, -0.25) is 0 Å². The van der Waals surface area contributed by atoms with Crippen molar-refractivity contribution in [3.05, 3.63) is 47.5 Å². The van der Waals surface area contributed by atoms with Gasteiger partial charge in [-0.1, -0.05) is 51.1 Å². The highest BCUT2D eigenvalue weighted by molar-refractivity contribution is 6.74. The topological polar surface area (TPSA) is 71.1 Å². The minimum absolute atomic E-state index is 0.0478. The van der Waals surface area contributed by atoms with Crippen LogP contribution in [0.25, 0.3) is 0 Å². The summed E-state index contributed by atoms with van der Waals surface area (Å²) < 4.78 is 64.2. The lowest BCUT2D eigenvalue weighted by Gasteiger charge is -2.39. The number of alkyl halides is 3. The van der Waals surface area contributed by atoms with E-state index in [0.717, 1.165) is 19.2 Å². The van der Waals surface area contributed by atoms with Gasteiger partial charge in [0.2, 0.25) is 0 Å². The summed E-state index contributed by atoms with van der Waals surface area (Å²) in [6.45, 7) is 13.7. The SMILES string of the molecule is CO[C@@](C(=O)O[C@H]1C=C(C[C@H](C)O[Si](C)(C)C(C)(C)C)C(=O)O[C@@H]1C)(c1ccccc1)C(F)(F)F. The Balaban J connectivity index is 2.32. The average molecular weight is 517 g/mol. The molecule has 0 aliphatic carbocycles. The van der Waals surface area contributed by atoms with Crippen molar-refractivity contribution in [1.82, 2.24) is 0 Å². The molecule has 1 aromatic carbocycles. The van der Waals surface area contributed by atoms with Crippen LogP contribution in [-0.4, -0.2) is 51.9 Å². The Labute approximate surface area is 205 Å². The van der Waals surface area contributed by atoms with E-state index in [1.807, 2.05) is 6.92 Å². The van der Waals surface area contributed by atoms with Crippen molar-refractivity contribution in [2.45, 2.75) is 89.3 Å². The maximum atomic E-state index is 14.2. The van der Waals surface area contributed by atoms with Crippen LogP contribution in [0.1, 0.15) is 46.6 Å². The van der Waals surface area contributed by atoms with Gasteiger partial charge in [-0.2, -0.15) is 13.2 Å². The molecule has 10 heteroatoms. The number of carbonyl (C=O) groups is 2. The van der Waals surface area contributed by atoms with E-state index < -0.39 is 49.8 Å². The normalized spacial score (nSPS) is 22.0. The first-order valence-electron chi connectivity index (χ1n) is 11.4. The van der Waals surface area contributed by atoms with Gasteiger partial charge in [0.05, 0.1) is 0 Å². The maximum Gasteiger partial charge on any atom is 0.432 e. The van der Waals surface area contributed by atoms with E-state index >= 15 is 0 Å². The number of hydrogen-bond acceptors (Lipinski definition) is 6. The Morgan fingerprint density at radius 1 is 1.14 bits per heavy atom. The highest BCUT2D eigenvalue weighted by atomic mass is 28.4. The molecule has 35 heavy (non-hydrogen) atoms. The molecule has 0 saturated carbocycles. The predicted octanol–water partition coefficient (Wildman–Crippen LogP) is 5.67. The van der Waals surface area contributed by atoms with Crippen molar-refractivity contribution in [2.24, 2.45) is 0 Å². The van der Waals surface area contributed by atoms with Crippen LogP contribution in [0.15, 0.2) is 42.0 Å². The van der Waals surface area contributed by atoms with Crippen molar-refractivity contribution in [2.75, 3.05) is 7.11 Å². The molecular formula is C25H35F3O6Si. The van der Waals surface area contributed by atoms with E-state index in [9.17, 15) is 22.8 Å². The van der Waals surface area contributed by atoms with Crippen LogP contribution in [0.2, 0.25) is 18.1 Å². The molecule has 1 aliphatic heterocycles. The molecule has 0 radical (unpaired) electrons. The maximum absolute atomic E-state index is 14.2. The summed E-state index contributed by atoms with van der Waals surface area (Å²) in [6, 6.07) is 6.55. The lowest BCUT2D eigenvalue weighted by Crippen LogP contribution is -2.53. The second-order valence-corrected chi connectivity index (χ2v) is 15.1. The Morgan fingerprint density at radius 2 is 1.71 bits per heavy atom. The summed E-state index contributed by atoms with van der Waals surface area (Å²) >= 11 is 0. The van der Waals surface area contributed by atoms with E-state index in [2.05, 4.69) is 33.9 Å². The second-order valence-electron chi connectivity index (χ2n) is 10.3. The van der Waals surface area contributed by atoms with Crippen molar-refractivity contribution < 1.29 is 41.4 Å². The highest BCUT2D eigenvalue weighted by Gasteiger charge is 2.64. The first-order valence-corrected chi connectivity index (χ1v) is 14.3. The van der Waals surface area contributed by atoms with Crippen LogP contribution in [0.4, 0.5) is 13.2 Å². The third kappa shape index (κ3) is 6.15. The summed E-state index contributed by atoms with van der Waals surface area (Å²) in [4.78, 5) is 25.5. The summed E-state index contributed by atoms with van der Waals surface area (Å²) in [5.41, 5.74) is -3.56. The molecule has 1 aliphatic rings. The minimum Gasteiger partial charge on any atom is -0.455 e. The number of esters is 2. The number of methoxy groups -OCH3 is 1. The quantitative estimate of drug-likeness (QED) is 0.327. The largest absolute Gasteiger partial charge is 0.455 e. The predicted molar refractivity (Wildman–Crippen MR) is 127 cm³/mol. The fraction of sp³-hybridized carbons (Fsp3) is 0.600. The molecule has 0 saturated heterocycles. The lowest BCUT2D eigenvalue weighted by molar-refractivity contribution is -0.278. The standard InChI is InChI=1S/C25H35F3O6Si/c1-16(34-35(7,8)23(3,4)5)14-18-15-20(17(2)32-21(18)29)33-22(30)24(31-6,25(26,27)28)19-12-10-9-11-13-19/h9-13,15-17,20H,14H2,1-8H3/t16-,17+,20-,24+/m0/s1. The molecule has 0 amide bonds. The van der Waals surface area contributed by atoms with Crippen LogP contribution in [-0.2, 0) is 33.8 Å². The zero-order valence-corrected chi connectivity index (χ0v) is 22.5. The van der Waals surface area contributed by atoms with E-state index in [0.29, 0.717) is 0 Å². The van der Waals surface area contributed by atoms with Crippen molar-refractivity contribution in [3.8, 4) is 0 Å². The number of halogens is 3. The molecule has 0 spiro atoms. The Bertz CT molecular complexity index is 939. The monoisotopic (exact) mass is 516 g/mol. The van der Waals surface area contributed by atoms with Gasteiger partial charge in [0.1, 0.15) is 6.10 Å². The van der Waals surface area contributed by atoms with Gasteiger partial charge < -0.3 is 18.6 Å². The number of benzene rings is 1. The smallest absolute Gasteiger partial charge is 0.432 e. The third-order valence-electron chi connectivity index (χ3n) is 6.61.